The van der Waals surface area contributed by atoms with E-state index in [9.17, 15) is 4.79 Å². The highest BCUT2D eigenvalue weighted by molar-refractivity contribution is 5.87. The molecular formula is C14H25NO2. The summed E-state index contributed by atoms with van der Waals surface area (Å²) < 4.78 is 4.65. The largest absolute Gasteiger partial charge is 0.466 e. The third-order valence-electron chi connectivity index (χ3n) is 3.73. The van der Waals surface area contributed by atoms with E-state index < -0.39 is 0 Å². The summed E-state index contributed by atoms with van der Waals surface area (Å²) in [5.74, 6) is 1.35. The molecule has 17 heavy (non-hydrogen) atoms. The Morgan fingerprint density at radius 2 is 2.12 bits per heavy atom. The summed E-state index contributed by atoms with van der Waals surface area (Å²) >= 11 is 0. The van der Waals surface area contributed by atoms with E-state index >= 15 is 0 Å². The first-order valence-electron chi connectivity index (χ1n) is 6.53. The fourth-order valence-electron chi connectivity index (χ4n) is 2.58. The molecule has 1 rings (SSSR count). The topological polar surface area (TPSA) is 38.3 Å². The Morgan fingerprint density at radius 1 is 1.41 bits per heavy atom. The number of hydrogen-bond donors (Lipinski definition) is 1. The van der Waals surface area contributed by atoms with Crippen molar-refractivity contribution in [3.63, 3.8) is 0 Å². The van der Waals surface area contributed by atoms with Gasteiger partial charge in [0.2, 0.25) is 0 Å². The maximum atomic E-state index is 11.2. The summed E-state index contributed by atoms with van der Waals surface area (Å²) in [6.45, 7) is 7.18. The van der Waals surface area contributed by atoms with E-state index in [-0.39, 0.29) is 5.97 Å². The molecule has 1 N–H and O–H groups in total. The molecule has 0 aromatic carbocycles. The van der Waals surface area contributed by atoms with Gasteiger partial charge in [0.05, 0.1) is 7.11 Å². The van der Waals surface area contributed by atoms with E-state index in [0.29, 0.717) is 11.6 Å². The number of carbonyl (C=O) groups excluding carboxylic acids is 1. The molecule has 1 aliphatic carbocycles. The minimum atomic E-state index is -0.239. The monoisotopic (exact) mass is 239 g/mol. The van der Waals surface area contributed by atoms with Crippen molar-refractivity contribution >= 4 is 5.97 Å². The molecular weight excluding hydrogens is 214 g/mol. The zero-order valence-corrected chi connectivity index (χ0v) is 11.5. The number of rotatable bonds is 4. The molecule has 1 saturated carbocycles. The first-order chi connectivity index (χ1) is 8.04. The Hall–Kier alpha value is -0.830. The molecule has 0 spiro atoms. The molecule has 0 saturated heterocycles. The van der Waals surface area contributed by atoms with Crippen molar-refractivity contribution in [3.05, 3.63) is 11.6 Å². The second kappa shape index (κ2) is 6.80. The molecule has 0 aromatic rings. The van der Waals surface area contributed by atoms with Crippen molar-refractivity contribution in [3.8, 4) is 0 Å². The molecule has 1 fully saturated rings. The van der Waals surface area contributed by atoms with Gasteiger partial charge in [0.1, 0.15) is 0 Å². The molecule has 0 radical (unpaired) electrons. The molecule has 3 heteroatoms. The molecule has 3 atom stereocenters. The third kappa shape index (κ3) is 4.50. The normalized spacial score (nSPS) is 30.1. The summed E-state index contributed by atoms with van der Waals surface area (Å²) in [6, 6.07) is 0.591. The van der Waals surface area contributed by atoms with Gasteiger partial charge in [-0.05, 0) is 38.0 Å². The van der Waals surface area contributed by atoms with Crippen LogP contribution in [0.3, 0.4) is 0 Å². The Balaban J connectivity index is 2.33. The second-order valence-corrected chi connectivity index (χ2v) is 5.29. The summed E-state index contributed by atoms with van der Waals surface area (Å²) in [4.78, 5) is 11.2. The van der Waals surface area contributed by atoms with Crippen LogP contribution in [0.4, 0.5) is 0 Å². The van der Waals surface area contributed by atoms with Crippen LogP contribution in [-0.2, 0) is 9.53 Å². The first-order valence-corrected chi connectivity index (χ1v) is 6.53. The van der Waals surface area contributed by atoms with Gasteiger partial charge in [0.25, 0.3) is 0 Å². The first kappa shape index (κ1) is 14.2. The highest BCUT2D eigenvalue weighted by Gasteiger charge is 2.24. The molecule has 0 amide bonds. The molecule has 98 valence electrons. The average molecular weight is 239 g/mol. The zero-order chi connectivity index (χ0) is 12.8. The van der Waals surface area contributed by atoms with Crippen molar-refractivity contribution in [2.45, 2.75) is 46.1 Å². The van der Waals surface area contributed by atoms with Gasteiger partial charge < -0.3 is 10.1 Å². The van der Waals surface area contributed by atoms with Crippen LogP contribution in [0.2, 0.25) is 0 Å². The van der Waals surface area contributed by atoms with Crippen molar-refractivity contribution in [2.24, 2.45) is 11.8 Å². The summed E-state index contributed by atoms with van der Waals surface area (Å²) in [6.07, 6.45) is 5.77. The highest BCUT2D eigenvalue weighted by atomic mass is 16.5. The standard InChI is InChI=1S/C14H25NO2/c1-10-5-6-13(12(3)9-10)15-8-7-11(2)14(16)17-4/h7,10,12-13,15H,5-6,8-9H2,1-4H3. The van der Waals surface area contributed by atoms with Crippen LogP contribution in [-0.4, -0.2) is 25.7 Å². The van der Waals surface area contributed by atoms with Crippen molar-refractivity contribution in [1.82, 2.24) is 5.32 Å². The lowest BCUT2D eigenvalue weighted by Crippen LogP contribution is -2.39. The molecule has 3 unspecified atom stereocenters. The minimum absolute atomic E-state index is 0.239. The lowest BCUT2D eigenvalue weighted by molar-refractivity contribution is -0.136. The summed E-state index contributed by atoms with van der Waals surface area (Å²) in [5, 5.41) is 3.52. The van der Waals surface area contributed by atoms with E-state index in [0.717, 1.165) is 18.4 Å². The number of nitrogens with one attached hydrogen (secondary N) is 1. The van der Waals surface area contributed by atoms with Gasteiger partial charge in [-0.25, -0.2) is 4.79 Å². The van der Waals surface area contributed by atoms with Gasteiger partial charge in [0, 0.05) is 18.2 Å². The van der Waals surface area contributed by atoms with Crippen molar-refractivity contribution in [1.29, 1.82) is 0 Å². The van der Waals surface area contributed by atoms with Crippen molar-refractivity contribution in [2.75, 3.05) is 13.7 Å². The zero-order valence-electron chi connectivity index (χ0n) is 11.5. The van der Waals surface area contributed by atoms with Gasteiger partial charge in [-0.1, -0.05) is 19.9 Å². The molecule has 0 aliphatic heterocycles. The maximum absolute atomic E-state index is 11.2. The quantitative estimate of drug-likeness (QED) is 0.605. The molecule has 0 heterocycles. The average Bonchev–Trinajstić information content (AvgIpc) is 2.30. The van der Waals surface area contributed by atoms with Gasteiger partial charge in [-0.3, -0.25) is 0 Å². The Morgan fingerprint density at radius 3 is 2.71 bits per heavy atom. The summed E-state index contributed by atoms with van der Waals surface area (Å²) in [7, 11) is 1.41. The van der Waals surface area contributed by atoms with Gasteiger partial charge in [0.15, 0.2) is 0 Å². The van der Waals surface area contributed by atoms with E-state index in [2.05, 4.69) is 23.9 Å². The molecule has 3 nitrogen and oxygen atoms in total. The minimum Gasteiger partial charge on any atom is -0.466 e. The Kier molecular flexibility index (Phi) is 5.69. The molecule has 1 aliphatic rings. The van der Waals surface area contributed by atoms with Gasteiger partial charge >= 0.3 is 5.97 Å². The molecule has 0 bridgehead atoms. The van der Waals surface area contributed by atoms with Crippen LogP contribution in [0.1, 0.15) is 40.0 Å². The smallest absolute Gasteiger partial charge is 0.333 e. The number of esters is 1. The summed E-state index contributed by atoms with van der Waals surface area (Å²) in [5.41, 5.74) is 0.678. The third-order valence-corrected chi connectivity index (χ3v) is 3.73. The van der Waals surface area contributed by atoms with Crippen LogP contribution in [0, 0.1) is 11.8 Å². The van der Waals surface area contributed by atoms with E-state index in [4.69, 9.17) is 0 Å². The van der Waals surface area contributed by atoms with Crippen LogP contribution >= 0.6 is 0 Å². The van der Waals surface area contributed by atoms with Crippen LogP contribution in [0.15, 0.2) is 11.6 Å². The number of hydrogen-bond acceptors (Lipinski definition) is 3. The predicted octanol–water partition coefficient (Wildman–Crippen LogP) is 2.52. The van der Waals surface area contributed by atoms with E-state index in [1.54, 1.807) is 6.92 Å². The predicted molar refractivity (Wildman–Crippen MR) is 69.7 cm³/mol. The fourth-order valence-corrected chi connectivity index (χ4v) is 2.58. The van der Waals surface area contributed by atoms with E-state index in [1.807, 2.05) is 6.08 Å². The number of ether oxygens (including phenoxy) is 1. The van der Waals surface area contributed by atoms with Gasteiger partial charge in [-0.2, -0.15) is 0 Å². The highest BCUT2D eigenvalue weighted by Crippen LogP contribution is 2.28. The fraction of sp³-hybridized carbons (Fsp3) is 0.786. The molecule has 0 aromatic heterocycles. The van der Waals surface area contributed by atoms with Crippen LogP contribution in [0.25, 0.3) is 0 Å². The number of carbonyl (C=O) groups is 1. The van der Waals surface area contributed by atoms with Crippen LogP contribution < -0.4 is 5.32 Å². The lowest BCUT2D eigenvalue weighted by Gasteiger charge is -2.33. The van der Waals surface area contributed by atoms with Crippen molar-refractivity contribution < 1.29 is 9.53 Å². The number of methoxy groups -OCH3 is 1. The Bertz CT molecular complexity index is 286. The second-order valence-electron chi connectivity index (χ2n) is 5.29. The maximum Gasteiger partial charge on any atom is 0.333 e. The van der Waals surface area contributed by atoms with E-state index in [1.165, 1.54) is 26.4 Å². The lowest BCUT2D eigenvalue weighted by atomic mass is 9.80. The van der Waals surface area contributed by atoms with Crippen LogP contribution in [0.5, 0.6) is 0 Å². The SMILES string of the molecule is COC(=O)C(C)=CCNC1CCC(C)CC1C. The Labute approximate surface area is 105 Å². The van der Waals surface area contributed by atoms with Gasteiger partial charge in [-0.15, -0.1) is 0 Å².